The summed E-state index contributed by atoms with van der Waals surface area (Å²) >= 11 is 0. The standard InChI is InChI=1S/C24H30N4O3/c29-21-16-27(17-21)23(30)18-8-9-22-20(13-18)15-25-10-4-2-1-3-5-12-28(22)24(31)19-7-6-11-26-14-19/h6-9,11,13-14,21,25,29H,1-5,10,12,15-17H2. The van der Waals surface area contributed by atoms with Gasteiger partial charge in [-0.15, -0.1) is 0 Å². The Kier molecular flexibility index (Phi) is 6.94. The first-order valence-electron chi connectivity index (χ1n) is 11.2. The molecule has 7 nitrogen and oxygen atoms in total. The number of fused-ring (bicyclic) bond motifs is 1. The molecule has 0 bridgehead atoms. The van der Waals surface area contributed by atoms with E-state index < -0.39 is 6.10 Å². The molecule has 164 valence electrons. The summed E-state index contributed by atoms with van der Waals surface area (Å²) in [4.78, 5) is 33.7. The van der Waals surface area contributed by atoms with Gasteiger partial charge in [-0.3, -0.25) is 14.6 Å². The highest BCUT2D eigenvalue weighted by atomic mass is 16.3. The zero-order valence-electron chi connectivity index (χ0n) is 17.8. The van der Waals surface area contributed by atoms with Gasteiger partial charge in [-0.05, 0) is 55.3 Å². The van der Waals surface area contributed by atoms with Crippen LogP contribution < -0.4 is 10.2 Å². The Morgan fingerprint density at radius 1 is 1.00 bits per heavy atom. The molecule has 31 heavy (non-hydrogen) atoms. The molecule has 0 unspecified atom stereocenters. The Hall–Kier alpha value is -2.77. The van der Waals surface area contributed by atoms with Crippen LogP contribution >= 0.6 is 0 Å². The normalized spacial score (nSPS) is 18.4. The van der Waals surface area contributed by atoms with Gasteiger partial charge in [0.25, 0.3) is 11.8 Å². The van der Waals surface area contributed by atoms with Crippen molar-refractivity contribution in [2.75, 3.05) is 31.1 Å². The number of hydrogen-bond acceptors (Lipinski definition) is 5. The number of rotatable bonds is 2. The van der Waals surface area contributed by atoms with E-state index in [-0.39, 0.29) is 11.8 Å². The number of carbonyl (C=O) groups excluding carboxylic acids is 2. The van der Waals surface area contributed by atoms with Gasteiger partial charge in [-0.1, -0.05) is 19.3 Å². The molecule has 2 amide bonds. The molecule has 1 aromatic carbocycles. The van der Waals surface area contributed by atoms with Crippen molar-refractivity contribution in [3.63, 3.8) is 0 Å². The van der Waals surface area contributed by atoms with E-state index >= 15 is 0 Å². The monoisotopic (exact) mass is 422 g/mol. The highest BCUT2D eigenvalue weighted by Gasteiger charge is 2.30. The number of hydrogen-bond donors (Lipinski definition) is 2. The van der Waals surface area contributed by atoms with Crippen molar-refractivity contribution >= 4 is 17.5 Å². The summed E-state index contributed by atoms with van der Waals surface area (Å²) < 4.78 is 0. The van der Waals surface area contributed by atoms with Crippen molar-refractivity contribution in [3.05, 3.63) is 59.4 Å². The number of nitrogens with one attached hydrogen (secondary N) is 1. The topological polar surface area (TPSA) is 85.8 Å². The number of aromatic nitrogens is 1. The van der Waals surface area contributed by atoms with Gasteiger partial charge in [0, 0.05) is 49.8 Å². The second-order valence-electron chi connectivity index (χ2n) is 8.35. The fourth-order valence-electron chi connectivity index (χ4n) is 4.18. The third-order valence-electron chi connectivity index (χ3n) is 5.97. The predicted octanol–water partition coefficient (Wildman–Crippen LogP) is 2.60. The lowest BCUT2D eigenvalue weighted by Crippen LogP contribution is -2.53. The van der Waals surface area contributed by atoms with Crippen molar-refractivity contribution < 1.29 is 14.7 Å². The predicted molar refractivity (Wildman–Crippen MR) is 119 cm³/mol. The second-order valence-corrected chi connectivity index (χ2v) is 8.35. The van der Waals surface area contributed by atoms with Gasteiger partial charge in [0.1, 0.15) is 0 Å². The zero-order chi connectivity index (χ0) is 21.6. The van der Waals surface area contributed by atoms with E-state index in [1.54, 1.807) is 35.5 Å². The van der Waals surface area contributed by atoms with Crippen LogP contribution in [0.1, 0.15) is 58.4 Å². The summed E-state index contributed by atoms with van der Waals surface area (Å²) in [7, 11) is 0. The number of carbonyl (C=O) groups is 2. The van der Waals surface area contributed by atoms with Crippen LogP contribution in [0.3, 0.4) is 0 Å². The number of likely N-dealkylation sites (tertiary alicyclic amines) is 1. The van der Waals surface area contributed by atoms with E-state index in [1.165, 1.54) is 12.8 Å². The first kappa shape index (κ1) is 21.5. The lowest BCUT2D eigenvalue weighted by molar-refractivity contribution is 0.00589. The SMILES string of the molecule is O=C(c1ccc2c(c1)CNCCCCCCCN2C(=O)c1cccnc1)N1CC(O)C1. The maximum Gasteiger partial charge on any atom is 0.259 e. The van der Waals surface area contributed by atoms with Crippen LogP contribution in [-0.2, 0) is 6.54 Å². The third kappa shape index (κ3) is 5.11. The molecule has 3 heterocycles. The molecular weight excluding hydrogens is 392 g/mol. The van der Waals surface area contributed by atoms with Gasteiger partial charge in [0.2, 0.25) is 0 Å². The molecule has 4 rings (SSSR count). The Morgan fingerprint density at radius 2 is 1.81 bits per heavy atom. The van der Waals surface area contributed by atoms with Gasteiger partial charge < -0.3 is 20.2 Å². The number of nitrogens with zero attached hydrogens (tertiary/aromatic N) is 3. The van der Waals surface area contributed by atoms with E-state index in [0.717, 1.165) is 37.1 Å². The van der Waals surface area contributed by atoms with Crippen LogP contribution in [0.4, 0.5) is 5.69 Å². The quantitative estimate of drug-likeness (QED) is 0.777. The summed E-state index contributed by atoms with van der Waals surface area (Å²) in [5, 5.41) is 13.0. The van der Waals surface area contributed by atoms with Crippen LogP contribution in [0.2, 0.25) is 0 Å². The maximum atomic E-state index is 13.4. The number of amides is 2. The minimum atomic E-state index is -0.428. The van der Waals surface area contributed by atoms with Gasteiger partial charge >= 0.3 is 0 Å². The van der Waals surface area contributed by atoms with Crippen LogP contribution in [0.15, 0.2) is 42.7 Å². The molecule has 0 saturated carbocycles. The average molecular weight is 423 g/mol. The van der Waals surface area contributed by atoms with Crippen LogP contribution in [0.5, 0.6) is 0 Å². The lowest BCUT2D eigenvalue weighted by Gasteiger charge is -2.36. The average Bonchev–Trinajstić information content (AvgIpc) is 2.77. The summed E-state index contributed by atoms with van der Waals surface area (Å²) in [5.74, 6) is -0.152. The Balaban J connectivity index is 1.66. The van der Waals surface area contributed by atoms with E-state index in [2.05, 4.69) is 10.3 Å². The van der Waals surface area contributed by atoms with Crippen molar-refractivity contribution in [2.45, 2.75) is 44.8 Å². The Labute approximate surface area is 183 Å². The molecule has 0 aliphatic carbocycles. The van der Waals surface area contributed by atoms with Crippen molar-refractivity contribution in [1.82, 2.24) is 15.2 Å². The van der Waals surface area contributed by atoms with Crippen molar-refractivity contribution in [1.29, 1.82) is 0 Å². The minimum absolute atomic E-state index is 0.0728. The fourth-order valence-corrected chi connectivity index (χ4v) is 4.18. The second kappa shape index (κ2) is 10.0. The number of β-amino-alcohol motifs (C(OH)–C–C–N with tert-alkyl or cyclic N) is 1. The van der Waals surface area contributed by atoms with Crippen LogP contribution in [0.25, 0.3) is 0 Å². The highest BCUT2D eigenvalue weighted by molar-refractivity contribution is 6.06. The molecule has 7 heteroatoms. The number of anilines is 1. The van der Waals surface area contributed by atoms with Crippen LogP contribution in [0, 0.1) is 0 Å². The molecule has 2 aromatic rings. The fraction of sp³-hybridized carbons (Fsp3) is 0.458. The zero-order valence-corrected chi connectivity index (χ0v) is 17.8. The molecule has 0 radical (unpaired) electrons. The molecule has 1 aromatic heterocycles. The Morgan fingerprint density at radius 3 is 2.58 bits per heavy atom. The number of pyridine rings is 1. The molecule has 2 aliphatic heterocycles. The molecule has 0 spiro atoms. The molecule has 1 saturated heterocycles. The molecule has 2 aliphatic rings. The van der Waals surface area contributed by atoms with Gasteiger partial charge in [-0.25, -0.2) is 0 Å². The van der Waals surface area contributed by atoms with E-state index in [1.807, 2.05) is 17.0 Å². The maximum absolute atomic E-state index is 13.4. The van der Waals surface area contributed by atoms with Crippen molar-refractivity contribution in [3.8, 4) is 0 Å². The van der Waals surface area contributed by atoms with Crippen molar-refractivity contribution in [2.24, 2.45) is 0 Å². The lowest BCUT2D eigenvalue weighted by atomic mass is 10.0. The summed E-state index contributed by atoms with van der Waals surface area (Å²) in [6.07, 6.45) is 8.31. The number of aliphatic hydroxyl groups is 1. The Bertz CT molecular complexity index is 912. The van der Waals surface area contributed by atoms with Gasteiger partial charge in [0.15, 0.2) is 0 Å². The highest BCUT2D eigenvalue weighted by Crippen LogP contribution is 2.27. The smallest absolute Gasteiger partial charge is 0.259 e. The third-order valence-corrected chi connectivity index (χ3v) is 5.97. The summed E-state index contributed by atoms with van der Waals surface area (Å²) in [6, 6.07) is 9.14. The van der Waals surface area contributed by atoms with Gasteiger partial charge in [0.05, 0.1) is 11.7 Å². The number of benzene rings is 1. The molecular formula is C24H30N4O3. The first-order chi connectivity index (χ1) is 15.1. The van der Waals surface area contributed by atoms with Crippen LogP contribution in [-0.4, -0.2) is 59.1 Å². The molecule has 2 N–H and O–H groups in total. The van der Waals surface area contributed by atoms with E-state index in [4.69, 9.17) is 0 Å². The molecule has 0 atom stereocenters. The molecule has 1 fully saturated rings. The largest absolute Gasteiger partial charge is 0.389 e. The summed E-state index contributed by atoms with van der Waals surface area (Å²) in [6.45, 7) is 2.88. The first-order valence-corrected chi connectivity index (χ1v) is 11.2. The summed E-state index contributed by atoms with van der Waals surface area (Å²) in [5.41, 5.74) is 2.92. The van der Waals surface area contributed by atoms with E-state index in [0.29, 0.717) is 37.3 Å². The van der Waals surface area contributed by atoms with E-state index in [9.17, 15) is 14.7 Å². The number of aliphatic hydroxyl groups excluding tert-OH is 1. The minimum Gasteiger partial charge on any atom is -0.389 e. The van der Waals surface area contributed by atoms with Gasteiger partial charge in [-0.2, -0.15) is 0 Å².